The van der Waals surface area contributed by atoms with Crippen molar-refractivity contribution in [2.24, 2.45) is 0 Å². The van der Waals surface area contributed by atoms with Crippen LogP contribution in [-0.4, -0.2) is 36.5 Å². The van der Waals surface area contributed by atoms with Gasteiger partial charge in [-0.05, 0) is 73.7 Å². The van der Waals surface area contributed by atoms with Gasteiger partial charge in [0.25, 0.3) is 11.8 Å². The first-order valence-corrected chi connectivity index (χ1v) is 16.2. The summed E-state index contributed by atoms with van der Waals surface area (Å²) < 4.78 is 20.0. The molecule has 232 valence electrons. The van der Waals surface area contributed by atoms with Crippen LogP contribution in [-0.2, 0) is 13.0 Å². The number of methoxy groups -OCH3 is 1. The molecule has 1 N–H and O–H groups in total. The van der Waals surface area contributed by atoms with E-state index < -0.39 is 5.82 Å². The van der Waals surface area contributed by atoms with Crippen LogP contribution in [0.3, 0.4) is 0 Å². The van der Waals surface area contributed by atoms with Crippen molar-refractivity contribution in [1.82, 2.24) is 4.98 Å². The van der Waals surface area contributed by atoms with Crippen LogP contribution in [0.5, 0.6) is 5.75 Å². The number of carbonyl (C=O) groups excluding carboxylic acids is 2. The first-order chi connectivity index (χ1) is 22.4. The zero-order valence-corrected chi connectivity index (χ0v) is 26.4. The summed E-state index contributed by atoms with van der Waals surface area (Å²) in [7, 11) is 1.68. The molecule has 7 rings (SSSR count). The normalized spacial score (nSPS) is 13.8. The van der Waals surface area contributed by atoms with Gasteiger partial charge < -0.3 is 19.9 Å². The van der Waals surface area contributed by atoms with E-state index in [2.05, 4.69) is 16.3 Å². The Kier molecular flexibility index (Phi) is 8.00. The number of nitrogens with zero attached hydrogens (tertiary/aromatic N) is 3. The van der Waals surface area contributed by atoms with Gasteiger partial charge in [-0.15, -0.1) is 11.3 Å². The molecule has 1 aliphatic heterocycles. The second-order valence-electron chi connectivity index (χ2n) is 11.6. The molecule has 2 aromatic heterocycles. The number of aryl methyl sites for hydroxylation is 1. The Morgan fingerprint density at radius 2 is 1.80 bits per heavy atom. The summed E-state index contributed by atoms with van der Waals surface area (Å²) in [5.41, 5.74) is 4.91. The molecule has 2 aliphatic rings. The van der Waals surface area contributed by atoms with Gasteiger partial charge in [0.2, 0.25) is 0 Å². The standard InChI is InChI=1S/C37H33FN4O3S/c1-23-9-7-12-28(38)34(23)40-36(43)32-21-24-19-20-41(30-14-5-4-11-27(30)35(24)46-32)37(44)29-13-8-16-33(39-29)42(26-17-18-26)22-25-10-3-6-15-31(25)45-2/h3-16,21,26H,17-20,22H2,1-2H3,(H,40,43). The number of para-hydroxylation sites is 3. The number of hydrogen-bond acceptors (Lipinski definition) is 6. The highest BCUT2D eigenvalue weighted by atomic mass is 32.1. The average molecular weight is 633 g/mol. The summed E-state index contributed by atoms with van der Waals surface area (Å²) in [6, 6.07) is 28.3. The van der Waals surface area contributed by atoms with E-state index in [1.54, 1.807) is 37.1 Å². The molecule has 7 nitrogen and oxygen atoms in total. The molecule has 3 aromatic carbocycles. The number of halogens is 1. The number of rotatable bonds is 8. The summed E-state index contributed by atoms with van der Waals surface area (Å²) in [5, 5.41) is 2.75. The van der Waals surface area contributed by atoms with Crippen LogP contribution in [0.1, 0.15) is 49.7 Å². The van der Waals surface area contributed by atoms with E-state index in [1.165, 1.54) is 17.4 Å². The van der Waals surface area contributed by atoms with E-state index in [4.69, 9.17) is 9.72 Å². The first-order valence-electron chi connectivity index (χ1n) is 15.4. The highest BCUT2D eigenvalue weighted by Crippen LogP contribution is 2.42. The lowest BCUT2D eigenvalue weighted by Crippen LogP contribution is -2.34. The fourth-order valence-corrected chi connectivity index (χ4v) is 7.16. The van der Waals surface area contributed by atoms with Crippen LogP contribution in [0, 0.1) is 12.7 Å². The quantitative estimate of drug-likeness (QED) is 0.188. The lowest BCUT2D eigenvalue weighted by molar-refractivity contribution is 0.0981. The zero-order valence-electron chi connectivity index (χ0n) is 25.6. The van der Waals surface area contributed by atoms with E-state index >= 15 is 0 Å². The highest BCUT2D eigenvalue weighted by molar-refractivity contribution is 7.17. The SMILES string of the molecule is COc1ccccc1CN(c1cccc(C(=O)N2CCc3cc(C(=O)Nc4c(C)cccc4F)sc3-c3ccccc32)n1)C1CC1. The molecule has 0 saturated heterocycles. The van der Waals surface area contributed by atoms with Crippen molar-refractivity contribution in [1.29, 1.82) is 0 Å². The number of pyridine rings is 1. The van der Waals surface area contributed by atoms with Crippen molar-refractivity contribution in [2.75, 3.05) is 28.8 Å². The third-order valence-corrected chi connectivity index (χ3v) is 9.76. The van der Waals surface area contributed by atoms with E-state index in [-0.39, 0.29) is 17.5 Å². The fourth-order valence-electron chi connectivity index (χ4n) is 6.03. The Morgan fingerprint density at radius 3 is 2.61 bits per heavy atom. The number of hydrogen-bond donors (Lipinski definition) is 1. The third-order valence-electron chi connectivity index (χ3n) is 8.55. The molecule has 46 heavy (non-hydrogen) atoms. The molecule has 1 saturated carbocycles. The van der Waals surface area contributed by atoms with Gasteiger partial charge in [0.1, 0.15) is 23.1 Å². The summed E-state index contributed by atoms with van der Waals surface area (Å²) >= 11 is 1.36. The van der Waals surface area contributed by atoms with Gasteiger partial charge in [0.05, 0.1) is 23.4 Å². The lowest BCUT2D eigenvalue weighted by atomic mass is 10.1. The van der Waals surface area contributed by atoms with Gasteiger partial charge in [-0.1, -0.05) is 54.6 Å². The molecule has 0 unspecified atom stereocenters. The molecule has 5 aromatic rings. The number of fused-ring (bicyclic) bond motifs is 3. The van der Waals surface area contributed by atoms with E-state index in [9.17, 15) is 14.0 Å². The van der Waals surface area contributed by atoms with Crippen LogP contribution in [0.15, 0.2) is 91.0 Å². The molecular weight excluding hydrogens is 599 g/mol. The predicted octanol–water partition coefficient (Wildman–Crippen LogP) is 7.89. The van der Waals surface area contributed by atoms with E-state index in [0.717, 1.165) is 51.7 Å². The molecule has 0 atom stereocenters. The summed E-state index contributed by atoms with van der Waals surface area (Å²) in [5.74, 6) is 0.597. The van der Waals surface area contributed by atoms with Gasteiger partial charge in [0, 0.05) is 35.1 Å². The van der Waals surface area contributed by atoms with Gasteiger partial charge in [0.15, 0.2) is 0 Å². The molecule has 0 radical (unpaired) electrons. The minimum atomic E-state index is -0.469. The smallest absolute Gasteiger partial charge is 0.276 e. The van der Waals surface area contributed by atoms with Crippen LogP contribution in [0.4, 0.5) is 21.6 Å². The number of amides is 2. The second-order valence-corrected chi connectivity index (χ2v) is 12.7. The number of nitrogens with one attached hydrogen (secondary N) is 1. The molecule has 1 aliphatic carbocycles. The predicted molar refractivity (Wildman–Crippen MR) is 181 cm³/mol. The van der Waals surface area contributed by atoms with Gasteiger partial charge in [-0.3, -0.25) is 9.59 Å². The Bertz CT molecular complexity index is 1930. The Balaban J connectivity index is 1.16. The minimum absolute atomic E-state index is 0.175. The van der Waals surface area contributed by atoms with Crippen LogP contribution in [0.2, 0.25) is 0 Å². The Labute approximate surface area is 271 Å². The fraction of sp³-hybridized carbons (Fsp3) is 0.216. The Hall–Kier alpha value is -5.02. The number of thiophene rings is 1. The van der Waals surface area contributed by atoms with Gasteiger partial charge >= 0.3 is 0 Å². The molecule has 1 fully saturated rings. The van der Waals surface area contributed by atoms with Gasteiger partial charge in [-0.2, -0.15) is 0 Å². The van der Waals surface area contributed by atoms with Crippen LogP contribution >= 0.6 is 11.3 Å². The molecule has 0 bridgehead atoms. The maximum Gasteiger partial charge on any atom is 0.276 e. The van der Waals surface area contributed by atoms with Crippen LogP contribution in [0.25, 0.3) is 10.4 Å². The topological polar surface area (TPSA) is 74.8 Å². The number of carbonyl (C=O) groups is 2. The van der Waals surface area contributed by atoms with E-state index in [1.807, 2.05) is 60.7 Å². The highest BCUT2D eigenvalue weighted by Gasteiger charge is 2.32. The molecular formula is C37H33FN4O3S. The minimum Gasteiger partial charge on any atom is -0.496 e. The van der Waals surface area contributed by atoms with Crippen molar-refractivity contribution in [3.8, 4) is 16.2 Å². The van der Waals surface area contributed by atoms with E-state index in [0.29, 0.717) is 41.7 Å². The average Bonchev–Trinajstić information content (AvgIpc) is 3.86. The number of benzene rings is 3. The number of anilines is 3. The maximum absolute atomic E-state index is 14.4. The first kappa shape index (κ1) is 29.7. The van der Waals surface area contributed by atoms with Crippen molar-refractivity contribution in [3.05, 3.63) is 124 Å². The van der Waals surface area contributed by atoms with Crippen molar-refractivity contribution in [2.45, 2.75) is 38.8 Å². The number of ether oxygens (including phenoxy) is 1. The van der Waals surface area contributed by atoms with Crippen LogP contribution < -0.4 is 19.9 Å². The number of aromatic nitrogens is 1. The molecule has 2 amide bonds. The summed E-state index contributed by atoms with van der Waals surface area (Å²) in [6.45, 7) is 2.82. The van der Waals surface area contributed by atoms with Crippen molar-refractivity contribution in [3.63, 3.8) is 0 Å². The largest absolute Gasteiger partial charge is 0.496 e. The molecule has 0 spiro atoms. The summed E-state index contributed by atoms with van der Waals surface area (Å²) in [6.07, 6.45) is 2.72. The maximum atomic E-state index is 14.4. The molecule has 9 heteroatoms. The van der Waals surface area contributed by atoms with Crippen molar-refractivity contribution < 1.29 is 18.7 Å². The third kappa shape index (κ3) is 5.74. The zero-order chi connectivity index (χ0) is 31.8. The lowest BCUT2D eigenvalue weighted by Gasteiger charge is -2.26. The van der Waals surface area contributed by atoms with Gasteiger partial charge in [-0.25, -0.2) is 9.37 Å². The Morgan fingerprint density at radius 1 is 1.02 bits per heavy atom. The second kappa shape index (κ2) is 12.4. The molecule has 3 heterocycles. The summed E-state index contributed by atoms with van der Waals surface area (Å²) in [4.78, 5) is 37.8. The monoisotopic (exact) mass is 632 g/mol. The van der Waals surface area contributed by atoms with Crippen molar-refractivity contribution >= 4 is 40.3 Å².